The van der Waals surface area contributed by atoms with Crippen molar-refractivity contribution in [2.24, 2.45) is 0 Å². The van der Waals surface area contributed by atoms with Crippen LogP contribution < -0.4 is 5.32 Å². The van der Waals surface area contributed by atoms with Gasteiger partial charge in [0.1, 0.15) is 0 Å². The van der Waals surface area contributed by atoms with Crippen LogP contribution in [0.5, 0.6) is 0 Å². The van der Waals surface area contributed by atoms with Gasteiger partial charge in [0.25, 0.3) is 0 Å². The lowest BCUT2D eigenvalue weighted by molar-refractivity contribution is -0.113. The second-order valence-corrected chi connectivity index (χ2v) is 7.87. The lowest BCUT2D eigenvalue weighted by Crippen LogP contribution is -2.14. The summed E-state index contributed by atoms with van der Waals surface area (Å²) >= 11 is 1.32. The molecule has 0 saturated carbocycles. The molecule has 0 radical (unpaired) electrons. The summed E-state index contributed by atoms with van der Waals surface area (Å²) in [6.45, 7) is 6.10. The highest BCUT2D eigenvalue weighted by atomic mass is 32.2. The number of fused-ring (bicyclic) bond motifs is 3. The van der Waals surface area contributed by atoms with Crippen LogP contribution in [0, 0.1) is 0 Å². The van der Waals surface area contributed by atoms with Gasteiger partial charge in [-0.15, -0.1) is 5.10 Å². The Hall–Kier alpha value is -2.81. The highest BCUT2D eigenvalue weighted by molar-refractivity contribution is 7.99. The van der Waals surface area contributed by atoms with Crippen molar-refractivity contribution in [2.75, 3.05) is 11.1 Å². The van der Waals surface area contributed by atoms with E-state index in [0.717, 1.165) is 16.7 Å². The minimum Gasteiger partial charge on any atom is -0.338 e. The zero-order valence-corrected chi connectivity index (χ0v) is 15.4. The quantitative estimate of drug-likeness (QED) is 0.535. The summed E-state index contributed by atoms with van der Waals surface area (Å²) in [6, 6.07) is 9.54. The van der Waals surface area contributed by atoms with E-state index in [1.54, 1.807) is 6.07 Å². The molecule has 4 rings (SSSR count). The molecule has 0 bridgehead atoms. The number of carbonyl (C=O) groups excluding carboxylic acids is 1. The van der Waals surface area contributed by atoms with E-state index in [1.165, 1.54) is 11.8 Å². The van der Waals surface area contributed by atoms with E-state index >= 15 is 0 Å². The van der Waals surface area contributed by atoms with Crippen molar-refractivity contribution in [3.63, 3.8) is 0 Å². The number of hydrogen-bond donors (Lipinski definition) is 2. The molecule has 3 heterocycles. The van der Waals surface area contributed by atoms with Crippen LogP contribution in [0.2, 0.25) is 0 Å². The van der Waals surface area contributed by atoms with Crippen molar-refractivity contribution in [3.8, 4) is 0 Å². The largest absolute Gasteiger partial charge is 0.338 e. The van der Waals surface area contributed by atoms with E-state index in [1.807, 2.05) is 49.4 Å². The van der Waals surface area contributed by atoms with Crippen LogP contribution in [0.25, 0.3) is 16.8 Å². The van der Waals surface area contributed by atoms with Crippen molar-refractivity contribution in [1.82, 2.24) is 24.7 Å². The van der Waals surface area contributed by atoms with Crippen molar-refractivity contribution >= 4 is 40.4 Å². The minimum atomic E-state index is -0.188. The Morgan fingerprint density at radius 1 is 1.35 bits per heavy atom. The molecule has 0 aliphatic heterocycles. The number of H-pyrrole nitrogens is 1. The standard InChI is InChI=1S/C17H18N6O2S/c1-17(2,3)12-8-14(25-22-12)19-13(24)9-26-16-21-20-15-18-10-6-4-5-7-11(10)23(15)16/h4-8H,9H2,1-3H3,(H,18,20)(H,19,24). The monoisotopic (exact) mass is 370 g/mol. The first-order chi connectivity index (χ1) is 12.4. The number of thioether (sulfide) groups is 1. The maximum atomic E-state index is 12.2. The Morgan fingerprint density at radius 3 is 2.92 bits per heavy atom. The molecule has 0 unspecified atom stereocenters. The molecule has 9 heteroatoms. The third-order valence-electron chi connectivity index (χ3n) is 3.88. The van der Waals surface area contributed by atoms with E-state index < -0.39 is 0 Å². The van der Waals surface area contributed by atoms with Gasteiger partial charge in [-0.2, -0.15) is 0 Å². The maximum absolute atomic E-state index is 12.2. The fraction of sp³-hybridized carbons (Fsp3) is 0.294. The number of nitrogens with zero attached hydrogens (tertiary/aromatic N) is 4. The molecule has 8 nitrogen and oxygen atoms in total. The Kier molecular flexibility index (Phi) is 3.95. The molecule has 134 valence electrons. The predicted octanol–water partition coefficient (Wildman–Crippen LogP) is 3.23. The molecule has 1 aromatic carbocycles. The number of aromatic nitrogens is 5. The summed E-state index contributed by atoms with van der Waals surface area (Å²) in [5, 5.41) is 14.5. The van der Waals surface area contributed by atoms with Crippen molar-refractivity contribution in [2.45, 2.75) is 31.3 Å². The smallest absolute Gasteiger partial charge is 0.237 e. The molecule has 0 saturated heterocycles. The van der Waals surface area contributed by atoms with Gasteiger partial charge < -0.3 is 4.52 Å². The Morgan fingerprint density at radius 2 is 2.15 bits per heavy atom. The average Bonchev–Trinajstić information content (AvgIpc) is 3.27. The first-order valence-electron chi connectivity index (χ1n) is 8.13. The molecular formula is C17H18N6O2S. The zero-order chi connectivity index (χ0) is 18.3. The van der Waals surface area contributed by atoms with Gasteiger partial charge in [-0.05, 0) is 12.1 Å². The van der Waals surface area contributed by atoms with Crippen LogP contribution in [0.4, 0.5) is 5.88 Å². The summed E-state index contributed by atoms with van der Waals surface area (Å²) in [4.78, 5) is 16.7. The second kappa shape index (κ2) is 6.17. The third-order valence-corrected chi connectivity index (χ3v) is 4.82. The summed E-state index contributed by atoms with van der Waals surface area (Å²) in [7, 11) is 0. The number of benzene rings is 1. The van der Waals surface area contributed by atoms with Crippen molar-refractivity contribution in [3.05, 3.63) is 36.0 Å². The van der Waals surface area contributed by atoms with Crippen LogP contribution in [0.15, 0.2) is 40.0 Å². The Labute approximate surface area is 153 Å². The molecule has 0 aliphatic carbocycles. The molecule has 1 amide bonds. The number of hydrogen-bond acceptors (Lipinski definition) is 6. The fourth-order valence-electron chi connectivity index (χ4n) is 2.53. The van der Waals surface area contributed by atoms with Crippen LogP contribution in [0.1, 0.15) is 26.5 Å². The predicted molar refractivity (Wildman–Crippen MR) is 99.4 cm³/mol. The summed E-state index contributed by atoms with van der Waals surface area (Å²) in [5.74, 6) is 1.00. The fourth-order valence-corrected chi connectivity index (χ4v) is 3.29. The van der Waals surface area contributed by atoms with E-state index in [4.69, 9.17) is 4.52 Å². The van der Waals surface area contributed by atoms with Gasteiger partial charge in [-0.3, -0.25) is 14.5 Å². The number of imidazole rings is 1. The number of carbonyl (C=O) groups is 1. The molecule has 0 fully saturated rings. The van der Waals surface area contributed by atoms with Crippen LogP contribution in [-0.2, 0) is 10.2 Å². The maximum Gasteiger partial charge on any atom is 0.237 e. The van der Waals surface area contributed by atoms with Crippen LogP contribution in [-0.4, -0.2) is 36.4 Å². The van der Waals surface area contributed by atoms with Gasteiger partial charge in [0.15, 0.2) is 5.16 Å². The minimum absolute atomic E-state index is 0.135. The first-order valence-corrected chi connectivity index (χ1v) is 9.12. The molecule has 2 N–H and O–H groups in total. The van der Waals surface area contributed by atoms with E-state index in [-0.39, 0.29) is 17.1 Å². The highest BCUT2D eigenvalue weighted by Crippen LogP contribution is 2.25. The molecule has 0 atom stereocenters. The van der Waals surface area contributed by atoms with E-state index in [0.29, 0.717) is 16.8 Å². The Bertz CT molecular complexity index is 1090. The molecule has 0 spiro atoms. The molecular weight excluding hydrogens is 352 g/mol. The van der Waals surface area contributed by atoms with E-state index in [2.05, 4.69) is 25.7 Å². The normalized spacial score (nSPS) is 12.1. The Balaban J connectivity index is 1.46. The van der Waals surface area contributed by atoms with Gasteiger partial charge >= 0.3 is 0 Å². The zero-order valence-electron chi connectivity index (χ0n) is 14.6. The number of amides is 1. The number of anilines is 1. The number of aromatic amines is 1. The summed E-state index contributed by atoms with van der Waals surface area (Å²) in [6.07, 6.45) is 0. The highest BCUT2D eigenvalue weighted by Gasteiger charge is 2.20. The van der Waals surface area contributed by atoms with Crippen LogP contribution in [0.3, 0.4) is 0 Å². The van der Waals surface area contributed by atoms with Gasteiger partial charge in [0.05, 0.1) is 22.5 Å². The van der Waals surface area contributed by atoms with Gasteiger partial charge in [-0.25, -0.2) is 10.1 Å². The van der Waals surface area contributed by atoms with Gasteiger partial charge in [0, 0.05) is 11.5 Å². The lowest BCUT2D eigenvalue weighted by Gasteiger charge is -2.12. The van der Waals surface area contributed by atoms with Crippen molar-refractivity contribution < 1.29 is 9.32 Å². The third kappa shape index (κ3) is 3.05. The molecule has 3 aromatic heterocycles. The molecule has 0 aliphatic rings. The van der Waals surface area contributed by atoms with Gasteiger partial charge in [0.2, 0.25) is 17.6 Å². The lowest BCUT2D eigenvalue weighted by atomic mass is 9.92. The van der Waals surface area contributed by atoms with Crippen molar-refractivity contribution in [1.29, 1.82) is 0 Å². The average molecular weight is 370 g/mol. The summed E-state index contributed by atoms with van der Waals surface area (Å²) < 4.78 is 7.09. The number of nitrogens with one attached hydrogen (secondary N) is 2. The molecule has 4 aromatic rings. The van der Waals surface area contributed by atoms with E-state index in [9.17, 15) is 4.79 Å². The topological polar surface area (TPSA) is 101 Å². The second-order valence-electron chi connectivity index (χ2n) is 6.93. The SMILES string of the molecule is CC(C)(C)c1cc(NC(=O)CSc2n[nH]c3nc4ccccc4n23)on1. The number of para-hydroxylation sites is 2. The number of rotatable bonds is 4. The summed E-state index contributed by atoms with van der Waals surface area (Å²) in [5.41, 5.74) is 2.48. The van der Waals surface area contributed by atoms with Gasteiger partial charge in [-0.1, -0.05) is 49.8 Å². The molecule has 26 heavy (non-hydrogen) atoms. The van der Waals surface area contributed by atoms with Crippen LogP contribution >= 0.6 is 11.8 Å². The first kappa shape index (κ1) is 16.6.